The Labute approximate surface area is 415 Å². The van der Waals surface area contributed by atoms with Gasteiger partial charge in [0.2, 0.25) is 0 Å². The number of esters is 2. The summed E-state index contributed by atoms with van der Waals surface area (Å²) in [7, 11) is 0. The van der Waals surface area contributed by atoms with Crippen molar-refractivity contribution in [2.45, 2.75) is 167 Å². The molecule has 4 atom stereocenters. The van der Waals surface area contributed by atoms with E-state index in [9.17, 15) is 18.4 Å². The minimum absolute atomic E-state index is 0.0881. The second-order valence-corrected chi connectivity index (χ2v) is 18.5. The standard InChI is InChI=1S/C60H72F2O8/c1-3-5-7-9-11-13-15-17-19-21-39-65-53-37-31-47(41-51(53)61)25-23-45-27-33-49(34-28-45)59(63)69-55-43-67-58-56(44-68-57(55)58)70-60(64)50-35-29-46(30-36-50)24-26-48-32-38-54(52(62)42-48)66-40-22-20-18-16-14-12-10-8-6-4-2/h27-38,41-42,55-58H,3-22,39-40,43-44H2,1-2H3/t55-,56?,57-,58-/m1/s1. The van der Waals surface area contributed by atoms with Gasteiger partial charge in [0.15, 0.2) is 35.3 Å². The van der Waals surface area contributed by atoms with Crippen LogP contribution in [0.15, 0.2) is 84.9 Å². The lowest BCUT2D eigenvalue weighted by atomic mass is 10.1. The van der Waals surface area contributed by atoms with E-state index >= 15 is 0 Å². The van der Waals surface area contributed by atoms with Crippen LogP contribution < -0.4 is 9.47 Å². The van der Waals surface area contributed by atoms with Crippen LogP contribution in [-0.4, -0.2) is 62.8 Å². The number of ether oxygens (including phenoxy) is 6. The summed E-state index contributed by atoms with van der Waals surface area (Å²) in [6.07, 6.45) is 22.0. The van der Waals surface area contributed by atoms with Crippen molar-refractivity contribution in [3.05, 3.63) is 130 Å². The molecule has 374 valence electrons. The predicted molar refractivity (Wildman–Crippen MR) is 270 cm³/mol. The van der Waals surface area contributed by atoms with E-state index in [1.54, 1.807) is 72.8 Å². The normalized spacial score (nSPS) is 16.9. The lowest BCUT2D eigenvalue weighted by Gasteiger charge is -2.17. The van der Waals surface area contributed by atoms with Crippen molar-refractivity contribution in [3.8, 4) is 35.2 Å². The molecule has 4 aromatic rings. The second kappa shape index (κ2) is 30.1. The topological polar surface area (TPSA) is 89.5 Å². The molecule has 0 amide bonds. The zero-order chi connectivity index (χ0) is 49.2. The van der Waals surface area contributed by atoms with Crippen molar-refractivity contribution in [1.29, 1.82) is 0 Å². The van der Waals surface area contributed by atoms with Gasteiger partial charge < -0.3 is 28.4 Å². The van der Waals surface area contributed by atoms with Gasteiger partial charge in [0.05, 0.1) is 37.6 Å². The highest BCUT2D eigenvalue weighted by molar-refractivity contribution is 5.90. The van der Waals surface area contributed by atoms with E-state index in [0.717, 1.165) is 25.7 Å². The summed E-state index contributed by atoms with van der Waals surface area (Å²) in [5.41, 5.74) is 2.96. The Kier molecular flexibility index (Phi) is 23.1. The van der Waals surface area contributed by atoms with Crippen LogP contribution in [0, 0.1) is 35.3 Å². The van der Waals surface area contributed by atoms with Crippen molar-refractivity contribution in [2.24, 2.45) is 0 Å². The maximum atomic E-state index is 14.8. The molecule has 2 aliphatic rings. The van der Waals surface area contributed by atoms with Gasteiger partial charge in [-0.25, -0.2) is 18.4 Å². The smallest absolute Gasteiger partial charge is 0.338 e. The van der Waals surface area contributed by atoms with Gasteiger partial charge in [-0.1, -0.05) is 153 Å². The van der Waals surface area contributed by atoms with Crippen LogP contribution in [0.25, 0.3) is 0 Å². The maximum Gasteiger partial charge on any atom is 0.338 e. The zero-order valence-corrected chi connectivity index (χ0v) is 41.4. The number of carbonyl (C=O) groups excluding carboxylic acids is 2. The molecule has 0 aromatic heterocycles. The van der Waals surface area contributed by atoms with Gasteiger partial charge in [-0.05, 0) is 97.8 Å². The summed E-state index contributed by atoms with van der Waals surface area (Å²) < 4.78 is 64.3. The molecule has 4 aromatic carbocycles. The first-order valence-corrected chi connectivity index (χ1v) is 26.0. The Balaban J connectivity index is 0.870. The molecular weight excluding hydrogens is 887 g/mol. The van der Waals surface area contributed by atoms with Gasteiger partial charge >= 0.3 is 11.9 Å². The molecule has 2 saturated heterocycles. The van der Waals surface area contributed by atoms with E-state index in [1.807, 2.05) is 0 Å². The molecular formula is C60H72F2O8. The van der Waals surface area contributed by atoms with Gasteiger partial charge in [-0.3, -0.25) is 0 Å². The zero-order valence-electron chi connectivity index (χ0n) is 41.4. The number of unbranched alkanes of at least 4 members (excludes halogenated alkanes) is 18. The molecule has 70 heavy (non-hydrogen) atoms. The van der Waals surface area contributed by atoms with Gasteiger partial charge in [-0.15, -0.1) is 0 Å². The van der Waals surface area contributed by atoms with Crippen LogP contribution >= 0.6 is 0 Å². The van der Waals surface area contributed by atoms with Gasteiger partial charge in [0.25, 0.3) is 0 Å². The first-order valence-electron chi connectivity index (χ1n) is 26.0. The molecule has 8 nitrogen and oxygen atoms in total. The minimum Gasteiger partial charge on any atom is -0.491 e. The molecule has 2 fully saturated rings. The number of rotatable bonds is 28. The SMILES string of the molecule is CCCCCCCCCCCCOc1ccc(C#Cc2ccc(C(=O)OC3CO[C@H]4[C@@H]3OC[C@H]4OC(=O)c3ccc(C#Cc4ccc(OCCCCCCCCCCCC)c(F)c4)cc3)cc2)cc1F. The van der Waals surface area contributed by atoms with Crippen molar-refractivity contribution >= 4 is 11.9 Å². The maximum absolute atomic E-state index is 14.8. The lowest BCUT2D eigenvalue weighted by Crippen LogP contribution is -2.36. The quantitative estimate of drug-likeness (QED) is 0.0316. The molecule has 1 unspecified atom stereocenters. The highest BCUT2D eigenvalue weighted by Gasteiger charge is 2.51. The first-order chi connectivity index (χ1) is 34.3. The number of hydrogen-bond acceptors (Lipinski definition) is 8. The summed E-state index contributed by atoms with van der Waals surface area (Å²) in [4.78, 5) is 26.3. The second-order valence-electron chi connectivity index (χ2n) is 18.5. The van der Waals surface area contributed by atoms with E-state index in [0.29, 0.717) is 46.6 Å². The Morgan fingerprint density at radius 2 is 0.771 bits per heavy atom. The largest absolute Gasteiger partial charge is 0.491 e. The number of benzene rings is 4. The summed E-state index contributed by atoms with van der Waals surface area (Å²) in [5.74, 6) is 10.5. The highest BCUT2D eigenvalue weighted by atomic mass is 19.1. The molecule has 10 heteroatoms. The molecule has 6 rings (SSSR count). The molecule has 0 bridgehead atoms. The molecule has 0 saturated carbocycles. The van der Waals surface area contributed by atoms with Gasteiger partial charge in [-0.2, -0.15) is 0 Å². The van der Waals surface area contributed by atoms with E-state index in [4.69, 9.17) is 28.4 Å². The third kappa shape index (κ3) is 17.9. The molecule has 0 aliphatic carbocycles. The van der Waals surface area contributed by atoms with Crippen LogP contribution in [0.4, 0.5) is 8.78 Å². The minimum atomic E-state index is -0.693. The van der Waals surface area contributed by atoms with Crippen molar-refractivity contribution < 1.29 is 46.8 Å². The lowest BCUT2D eigenvalue weighted by molar-refractivity contribution is -0.0287. The summed E-state index contributed by atoms with van der Waals surface area (Å²) in [5, 5.41) is 0. The average Bonchev–Trinajstić information content (AvgIpc) is 3.97. The highest BCUT2D eigenvalue weighted by Crippen LogP contribution is 2.32. The summed E-state index contributed by atoms with van der Waals surface area (Å²) >= 11 is 0. The van der Waals surface area contributed by atoms with Crippen LogP contribution in [-0.2, 0) is 18.9 Å². The van der Waals surface area contributed by atoms with E-state index in [1.165, 1.54) is 115 Å². The molecule has 0 N–H and O–H groups in total. The van der Waals surface area contributed by atoms with Crippen molar-refractivity contribution in [1.82, 2.24) is 0 Å². The van der Waals surface area contributed by atoms with E-state index in [-0.39, 0.29) is 24.7 Å². The van der Waals surface area contributed by atoms with Crippen LogP contribution in [0.5, 0.6) is 11.5 Å². The van der Waals surface area contributed by atoms with Crippen LogP contribution in [0.1, 0.15) is 185 Å². The fraction of sp³-hybridized carbons (Fsp3) is 0.500. The molecule has 0 spiro atoms. The average molecular weight is 959 g/mol. The van der Waals surface area contributed by atoms with E-state index < -0.39 is 48.0 Å². The molecule has 0 radical (unpaired) electrons. The number of fused-ring (bicyclic) bond motifs is 1. The van der Waals surface area contributed by atoms with E-state index in [2.05, 4.69) is 37.5 Å². The number of hydrogen-bond donors (Lipinski definition) is 0. The van der Waals surface area contributed by atoms with Gasteiger partial charge in [0.1, 0.15) is 12.2 Å². The summed E-state index contributed by atoms with van der Waals surface area (Å²) in [6.45, 7) is 5.62. The van der Waals surface area contributed by atoms with Crippen LogP contribution in [0.2, 0.25) is 0 Å². The first kappa shape index (κ1) is 53.7. The third-order valence-corrected chi connectivity index (χ3v) is 12.8. The number of carbonyl (C=O) groups is 2. The molecule has 2 aliphatic heterocycles. The Morgan fingerprint density at radius 3 is 1.11 bits per heavy atom. The monoisotopic (exact) mass is 959 g/mol. The Morgan fingerprint density at radius 1 is 0.457 bits per heavy atom. The third-order valence-electron chi connectivity index (χ3n) is 12.8. The fourth-order valence-corrected chi connectivity index (χ4v) is 8.64. The van der Waals surface area contributed by atoms with Gasteiger partial charge in [0, 0.05) is 22.3 Å². The van der Waals surface area contributed by atoms with Crippen LogP contribution in [0.3, 0.4) is 0 Å². The fourth-order valence-electron chi connectivity index (χ4n) is 8.64. The molecule has 2 heterocycles. The Bertz CT molecular complexity index is 2180. The van der Waals surface area contributed by atoms with Crippen molar-refractivity contribution in [2.75, 3.05) is 26.4 Å². The Hall–Kier alpha value is -5.68. The summed E-state index contributed by atoms with van der Waals surface area (Å²) in [6, 6.07) is 22.7. The predicted octanol–water partition coefficient (Wildman–Crippen LogP) is 13.9. The number of halogens is 2. The van der Waals surface area contributed by atoms with Crippen molar-refractivity contribution in [3.63, 3.8) is 0 Å².